The van der Waals surface area contributed by atoms with Gasteiger partial charge in [0, 0.05) is 43.8 Å². The van der Waals surface area contributed by atoms with Crippen molar-refractivity contribution < 1.29 is 36.6 Å². The quantitative estimate of drug-likeness (QED) is 0.172. The SMILES string of the molecule is CCN(CCCS(=O)(=O)O)c1ccc2nc3ccc(=[N+](C)CCC(=O)ON4C(=O)CCC4=O)cc-3oc2c1. The van der Waals surface area contributed by atoms with Crippen LogP contribution in [0.3, 0.4) is 0 Å². The molecule has 2 amide bonds. The lowest BCUT2D eigenvalue weighted by molar-refractivity contribution is -0.197. The van der Waals surface area contributed by atoms with Crippen LogP contribution in [0, 0.1) is 0 Å². The molecule has 0 radical (unpaired) electrons. The van der Waals surface area contributed by atoms with Crippen molar-refractivity contribution >= 4 is 44.7 Å². The molecule has 2 aliphatic heterocycles. The van der Waals surface area contributed by atoms with Crippen molar-refractivity contribution in [3.05, 3.63) is 41.8 Å². The standard InChI is InChI=1S/C25H28N4O8S/c1-3-28(12-4-14-38(33,34)35)18-6-8-20-22(16-18)36-21-15-17(5-7-19(21)26-20)27(2)13-11-25(32)37-29-23(30)9-10-24(29)31/h5-8,15-16H,3-4,9-14H2,1-2H3/p+1. The highest BCUT2D eigenvalue weighted by molar-refractivity contribution is 7.85. The van der Waals surface area contributed by atoms with Gasteiger partial charge in [-0.15, -0.1) is 5.06 Å². The van der Waals surface area contributed by atoms with Crippen molar-refractivity contribution in [2.75, 3.05) is 37.3 Å². The third kappa shape index (κ3) is 6.53. The average Bonchev–Trinajstić information content (AvgIpc) is 3.19. The van der Waals surface area contributed by atoms with E-state index in [0.29, 0.717) is 40.7 Å². The second-order valence-electron chi connectivity index (χ2n) is 8.95. The topological polar surface area (TPSA) is 150 Å². The summed E-state index contributed by atoms with van der Waals surface area (Å²) < 4.78 is 39.0. The van der Waals surface area contributed by atoms with Crippen LogP contribution in [0.5, 0.6) is 0 Å². The number of hydrogen-bond acceptors (Lipinski definition) is 9. The first-order valence-corrected chi connectivity index (χ1v) is 13.8. The fraction of sp³-hybridized carbons (Fsp3) is 0.400. The van der Waals surface area contributed by atoms with Gasteiger partial charge in [-0.25, -0.2) is 14.4 Å². The molecule has 4 rings (SSSR count). The van der Waals surface area contributed by atoms with Crippen LogP contribution in [0.15, 0.2) is 40.8 Å². The van der Waals surface area contributed by atoms with E-state index < -0.39 is 27.9 Å². The maximum atomic E-state index is 12.1. The van der Waals surface area contributed by atoms with Crippen molar-refractivity contribution in [2.45, 2.75) is 32.6 Å². The zero-order valence-electron chi connectivity index (χ0n) is 21.1. The van der Waals surface area contributed by atoms with E-state index in [0.717, 1.165) is 11.0 Å². The smallest absolute Gasteiger partial charge is 0.339 e. The maximum Gasteiger partial charge on any atom is 0.339 e. The van der Waals surface area contributed by atoms with Crippen LogP contribution in [0.25, 0.3) is 22.6 Å². The fourth-order valence-corrected chi connectivity index (χ4v) is 4.63. The predicted octanol–water partition coefficient (Wildman–Crippen LogP) is 1.44. The van der Waals surface area contributed by atoms with Crippen molar-refractivity contribution in [2.24, 2.45) is 0 Å². The van der Waals surface area contributed by atoms with Gasteiger partial charge in [0.1, 0.15) is 24.7 Å². The number of fused-ring (bicyclic) bond motifs is 2. The molecule has 1 aromatic rings. The molecule has 202 valence electrons. The van der Waals surface area contributed by atoms with Gasteiger partial charge in [0.05, 0.1) is 11.8 Å². The zero-order chi connectivity index (χ0) is 27.4. The Balaban J connectivity index is 1.52. The van der Waals surface area contributed by atoms with Crippen LogP contribution in [0.2, 0.25) is 0 Å². The Kier molecular flexibility index (Phi) is 8.07. The van der Waals surface area contributed by atoms with Crippen LogP contribution in [0.1, 0.15) is 32.6 Å². The van der Waals surface area contributed by atoms with E-state index in [2.05, 4.69) is 4.98 Å². The number of hydroxylamine groups is 2. The van der Waals surface area contributed by atoms with Crippen LogP contribution < -0.4 is 14.8 Å². The van der Waals surface area contributed by atoms with Crippen LogP contribution in [0.4, 0.5) is 5.69 Å². The number of carbonyl (C=O) groups excluding carboxylic acids is 3. The molecule has 0 spiro atoms. The molecule has 0 saturated carbocycles. The number of rotatable bonds is 10. The summed E-state index contributed by atoms with van der Waals surface area (Å²) in [5.41, 5.74) is 2.69. The van der Waals surface area contributed by atoms with E-state index in [1.54, 1.807) is 13.1 Å². The van der Waals surface area contributed by atoms with Crippen LogP contribution >= 0.6 is 0 Å². The van der Waals surface area contributed by atoms with Gasteiger partial charge in [0.2, 0.25) is 5.36 Å². The number of aromatic nitrogens is 1. The maximum absolute atomic E-state index is 12.1. The molecule has 1 aromatic carbocycles. The number of carbonyl (C=O) groups is 3. The van der Waals surface area contributed by atoms with Crippen LogP contribution in [-0.4, -0.2) is 73.2 Å². The highest BCUT2D eigenvalue weighted by Crippen LogP contribution is 2.27. The van der Waals surface area contributed by atoms with Crippen molar-refractivity contribution in [3.63, 3.8) is 0 Å². The molecule has 1 saturated heterocycles. The number of nitrogens with zero attached hydrogens (tertiary/aromatic N) is 4. The fourth-order valence-electron chi connectivity index (χ4n) is 4.14. The minimum Gasteiger partial charge on any atom is -0.452 e. The number of hydrogen-bond donors (Lipinski definition) is 1. The van der Waals surface area contributed by atoms with Gasteiger partial charge in [-0.05, 0) is 31.5 Å². The molecule has 0 unspecified atom stereocenters. The zero-order valence-corrected chi connectivity index (χ0v) is 21.9. The summed E-state index contributed by atoms with van der Waals surface area (Å²) in [6, 6.07) is 11.0. The minimum absolute atomic E-state index is 0.0352. The van der Waals surface area contributed by atoms with Gasteiger partial charge in [-0.2, -0.15) is 8.42 Å². The lowest BCUT2D eigenvalue weighted by Crippen LogP contribution is -2.34. The highest BCUT2D eigenvalue weighted by atomic mass is 32.2. The van der Waals surface area contributed by atoms with Gasteiger partial charge < -0.3 is 14.2 Å². The van der Waals surface area contributed by atoms with E-state index >= 15 is 0 Å². The molecule has 1 aliphatic carbocycles. The first kappa shape index (κ1) is 27.2. The second kappa shape index (κ2) is 11.3. The molecule has 1 N–H and O–H groups in total. The third-order valence-electron chi connectivity index (χ3n) is 6.22. The van der Waals surface area contributed by atoms with Gasteiger partial charge in [-0.1, -0.05) is 0 Å². The number of benzene rings is 2. The normalized spacial score (nSPS) is 14.9. The predicted molar refractivity (Wildman–Crippen MR) is 137 cm³/mol. The summed E-state index contributed by atoms with van der Waals surface area (Å²) in [4.78, 5) is 46.9. The van der Waals surface area contributed by atoms with E-state index in [4.69, 9.17) is 13.8 Å². The van der Waals surface area contributed by atoms with E-state index in [-0.39, 0.29) is 38.0 Å². The van der Waals surface area contributed by atoms with E-state index in [1.807, 2.05) is 46.7 Å². The molecule has 1 fully saturated rings. The molecule has 3 aliphatic rings. The molecule has 12 nitrogen and oxygen atoms in total. The molecule has 13 heteroatoms. The Morgan fingerprint density at radius 1 is 1.18 bits per heavy atom. The van der Waals surface area contributed by atoms with Crippen LogP contribution in [-0.2, 0) is 29.3 Å². The number of amides is 2. The summed E-state index contributed by atoms with van der Waals surface area (Å²) in [7, 11) is -2.22. The molecule has 2 heterocycles. The summed E-state index contributed by atoms with van der Waals surface area (Å²) in [5, 5.41) is 1.30. The van der Waals surface area contributed by atoms with Crippen molar-refractivity contribution in [1.29, 1.82) is 0 Å². The Hall–Kier alpha value is -3.84. The van der Waals surface area contributed by atoms with Gasteiger partial charge in [-0.3, -0.25) is 14.1 Å². The van der Waals surface area contributed by atoms with Gasteiger partial charge in [0.15, 0.2) is 17.9 Å². The first-order valence-electron chi connectivity index (χ1n) is 12.2. The minimum atomic E-state index is -4.01. The molecule has 0 bridgehead atoms. The third-order valence-corrected chi connectivity index (χ3v) is 7.02. The molecular weight excluding hydrogens is 516 g/mol. The molecular formula is C25H29N4O8S+. The van der Waals surface area contributed by atoms with E-state index in [1.165, 1.54) is 0 Å². The molecule has 0 aromatic heterocycles. The Labute approximate surface area is 219 Å². The second-order valence-corrected chi connectivity index (χ2v) is 10.5. The summed E-state index contributed by atoms with van der Waals surface area (Å²) >= 11 is 0. The van der Waals surface area contributed by atoms with Gasteiger partial charge in [0.25, 0.3) is 21.9 Å². The monoisotopic (exact) mass is 545 g/mol. The largest absolute Gasteiger partial charge is 0.452 e. The number of imide groups is 1. The summed E-state index contributed by atoms with van der Waals surface area (Å²) in [5.74, 6) is -1.49. The first-order chi connectivity index (χ1) is 18.0. The Bertz CT molecular complexity index is 1520. The van der Waals surface area contributed by atoms with Crippen molar-refractivity contribution in [1.82, 2.24) is 14.6 Å². The van der Waals surface area contributed by atoms with Crippen molar-refractivity contribution in [3.8, 4) is 11.5 Å². The highest BCUT2D eigenvalue weighted by Gasteiger charge is 2.33. The Morgan fingerprint density at radius 2 is 1.92 bits per heavy atom. The lowest BCUT2D eigenvalue weighted by Gasteiger charge is -2.23. The number of anilines is 1. The molecule has 0 atom stereocenters. The lowest BCUT2D eigenvalue weighted by atomic mass is 10.2. The van der Waals surface area contributed by atoms with E-state index in [9.17, 15) is 22.8 Å². The summed E-state index contributed by atoms with van der Waals surface area (Å²) in [6.07, 6.45) is 0.334. The summed E-state index contributed by atoms with van der Waals surface area (Å²) in [6.45, 7) is 3.31. The van der Waals surface area contributed by atoms with Gasteiger partial charge >= 0.3 is 5.97 Å². The molecule has 38 heavy (non-hydrogen) atoms. The average molecular weight is 546 g/mol. The Morgan fingerprint density at radius 3 is 2.61 bits per heavy atom.